The van der Waals surface area contributed by atoms with Crippen molar-refractivity contribution < 1.29 is 19.1 Å². The van der Waals surface area contributed by atoms with Gasteiger partial charge in [0.25, 0.3) is 0 Å². The van der Waals surface area contributed by atoms with Crippen molar-refractivity contribution in [3.05, 3.63) is 48.7 Å². The molecular weight excluding hydrogens is 382 g/mol. The second-order valence-electron chi connectivity index (χ2n) is 7.87. The average molecular weight is 409 g/mol. The number of methoxy groups -OCH3 is 1. The summed E-state index contributed by atoms with van der Waals surface area (Å²) in [7, 11) is 1.59. The summed E-state index contributed by atoms with van der Waals surface area (Å²) in [6.07, 6.45) is 5.57. The van der Waals surface area contributed by atoms with Crippen molar-refractivity contribution in [1.29, 1.82) is 0 Å². The van der Waals surface area contributed by atoms with Crippen LogP contribution in [0.25, 0.3) is 0 Å². The van der Waals surface area contributed by atoms with Gasteiger partial charge in [0, 0.05) is 43.0 Å². The van der Waals surface area contributed by atoms with Crippen molar-refractivity contribution in [3.63, 3.8) is 0 Å². The number of nitrogens with one attached hydrogen (secondary N) is 1. The van der Waals surface area contributed by atoms with Crippen LogP contribution >= 0.6 is 0 Å². The molecule has 1 aliphatic carbocycles. The van der Waals surface area contributed by atoms with E-state index in [2.05, 4.69) is 10.3 Å². The van der Waals surface area contributed by atoms with Crippen molar-refractivity contribution in [3.8, 4) is 11.6 Å². The van der Waals surface area contributed by atoms with Crippen LogP contribution in [0.2, 0.25) is 0 Å². The highest BCUT2D eigenvalue weighted by Crippen LogP contribution is 2.29. The molecule has 7 nitrogen and oxygen atoms in total. The summed E-state index contributed by atoms with van der Waals surface area (Å²) in [6, 6.07) is 13.1. The summed E-state index contributed by atoms with van der Waals surface area (Å²) >= 11 is 0. The Morgan fingerprint density at radius 2 is 1.97 bits per heavy atom. The molecule has 30 heavy (non-hydrogen) atoms. The fourth-order valence-electron chi connectivity index (χ4n) is 4.14. The lowest BCUT2D eigenvalue weighted by Crippen LogP contribution is -2.43. The Bertz CT molecular complexity index is 881. The first kappa shape index (κ1) is 20.2. The van der Waals surface area contributed by atoms with E-state index in [1.807, 2.05) is 42.5 Å². The number of carbonyl (C=O) groups is 2. The van der Waals surface area contributed by atoms with E-state index in [4.69, 9.17) is 9.47 Å². The molecule has 7 heteroatoms. The van der Waals surface area contributed by atoms with E-state index in [0.717, 1.165) is 31.4 Å². The number of hydrogen-bond donors (Lipinski definition) is 1. The number of aromatic nitrogens is 1. The van der Waals surface area contributed by atoms with E-state index < -0.39 is 0 Å². The topological polar surface area (TPSA) is 80.8 Å². The summed E-state index contributed by atoms with van der Waals surface area (Å²) < 4.78 is 11.2. The maximum atomic E-state index is 12.8. The van der Waals surface area contributed by atoms with Gasteiger partial charge in [-0.1, -0.05) is 12.1 Å². The number of ether oxygens (including phenoxy) is 2. The number of pyridine rings is 1. The van der Waals surface area contributed by atoms with Gasteiger partial charge in [-0.3, -0.25) is 9.59 Å². The van der Waals surface area contributed by atoms with E-state index in [0.29, 0.717) is 18.2 Å². The molecule has 2 fully saturated rings. The lowest BCUT2D eigenvalue weighted by atomic mass is 9.92. The van der Waals surface area contributed by atoms with Crippen LogP contribution in [0.4, 0.5) is 5.69 Å². The number of nitrogens with zero attached hydrogens (tertiary/aromatic N) is 2. The molecule has 2 aliphatic rings. The second-order valence-corrected chi connectivity index (χ2v) is 7.87. The van der Waals surface area contributed by atoms with Gasteiger partial charge in [0.15, 0.2) is 0 Å². The van der Waals surface area contributed by atoms with Gasteiger partial charge in [0.05, 0.1) is 13.0 Å². The Balaban J connectivity index is 1.27. The summed E-state index contributed by atoms with van der Waals surface area (Å²) in [4.78, 5) is 31.1. The molecule has 2 aromatic rings. The van der Waals surface area contributed by atoms with Crippen LogP contribution in [0.15, 0.2) is 48.7 Å². The molecule has 1 aromatic carbocycles. The number of benzene rings is 1. The molecule has 1 unspecified atom stereocenters. The zero-order valence-corrected chi connectivity index (χ0v) is 17.1. The van der Waals surface area contributed by atoms with Crippen molar-refractivity contribution in [2.24, 2.45) is 5.92 Å². The molecule has 2 amide bonds. The predicted octanol–water partition coefficient (Wildman–Crippen LogP) is 2.95. The van der Waals surface area contributed by atoms with Crippen LogP contribution in [0.3, 0.4) is 0 Å². The Hall–Kier alpha value is -3.09. The van der Waals surface area contributed by atoms with Crippen LogP contribution < -0.4 is 19.7 Å². The van der Waals surface area contributed by atoms with Crippen molar-refractivity contribution >= 4 is 17.5 Å². The first-order chi connectivity index (χ1) is 14.6. The molecular formula is C23H27N3O4. The van der Waals surface area contributed by atoms with Crippen molar-refractivity contribution in [2.45, 2.75) is 44.2 Å². The van der Waals surface area contributed by atoms with Gasteiger partial charge in [0.2, 0.25) is 17.7 Å². The van der Waals surface area contributed by atoms with E-state index >= 15 is 0 Å². The largest absolute Gasteiger partial charge is 0.497 e. The normalized spacial score (nSPS) is 23.8. The lowest BCUT2D eigenvalue weighted by molar-refractivity contribution is -0.127. The van der Waals surface area contributed by atoms with E-state index in [9.17, 15) is 9.59 Å². The molecule has 158 valence electrons. The maximum Gasteiger partial charge on any atom is 0.227 e. The minimum absolute atomic E-state index is 0.0316. The lowest BCUT2D eigenvalue weighted by Gasteiger charge is -2.29. The second kappa shape index (κ2) is 9.15. The van der Waals surface area contributed by atoms with Gasteiger partial charge in [-0.2, -0.15) is 0 Å². The standard InChI is InChI=1S/C23H27N3O4/c1-29-20-6-4-5-18(14-20)26-15-16(13-22(26)27)23(28)25-17-8-10-19(11-9-17)30-21-7-2-3-12-24-21/h2-7,12,14,16-17,19H,8-11,13,15H2,1H3,(H,25,28). The molecule has 2 heterocycles. The van der Waals surface area contributed by atoms with E-state index in [-0.39, 0.29) is 36.3 Å². The smallest absolute Gasteiger partial charge is 0.227 e. The molecule has 1 saturated heterocycles. The zero-order valence-electron chi connectivity index (χ0n) is 17.1. The molecule has 1 saturated carbocycles. The fourth-order valence-corrected chi connectivity index (χ4v) is 4.14. The molecule has 1 N–H and O–H groups in total. The minimum Gasteiger partial charge on any atom is -0.497 e. The minimum atomic E-state index is -0.328. The molecule has 1 aromatic heterocycles. The highest BCUT2D eigenvalue weighted by Gasteiger charge is 2.36. The molecule has 0 radical (unpaired) electrons. The zero-order chi connectivity index (χ0) is 20.9. The summed E-state index contributed by atoms with van der Waals surface area (Å²) in [5.41, 5.74) is 0.766. The van der Waals surface area contributed by atoms with Crippen LogP contribution in [-0.4, -0.2) is 42.6 Å². The van der Waals surface area contributed by atoms with Crippen molar-refractivity contribution in [1.82, 2.24) is 10.3 Å². The highest BCUT2D eigenvalue weighted by atomic mass is 16.5. The molecule has 1 atom stereocenters. The Morgan fingerprint density at radius 3 is 2.70 bits per heavy atom. The number of rotatable bonds is 6. The van der Waals surface area contributed by atoms with Gasteiger partial charge in [0.1, 0.15) is 11.9 Å². The first-order valence-corrected chi connectivity index (χ1v) is 10.4. The van der Waals surface area contributed by atoms with E-state index in [1.54, 1.807) is 18.2 Å². The van der Waals surface area contributed by atoms with Crippen molar-refractivity contribution in [2.75, 3.05) is 18.6 Å². The molecule has 0 spiro atoms. The van der Waals surface area contributed by atoms with Gasteiger partial charge in [-0.25, -0.2) is 4.98 Å². The first-order valence-electron chi connectivity index (χ1n) is 10.4. The Kier molecular flexibility index (Phi) is 6.16. The van der Waals surface area contributed by atoms with Gasteiger partial charge >= 0.3 is 0 Å². The summed E-state index contributed by atoms with van der Waals surface area (Å²) in [6.45, 7) is 0.399. The third-order valence-electron chi connectivity index (χ3n) is 5.81. The average Bonchev–Trinajstić information content (AvgIpc) is 3.18. The van der Waals surface area contributed by atoms with Crippen LogP contribution in [0, 0.1) is 5.92 Å². The summed E-state index contributed by atoms with van der Waals surface area (Å²) in [5.74, 6) is 0.940. The monoisotopic (exact) mass is 409 g/mol. The Morgan fingerprint density at radius 1 is 1.13 bits per heavy atom. The number of carbonyl (C=O) groups excluding carboxylic acids is 2. The molecule has 1 aliphatic heterocycles. The van der Waals surface area contributed by atoms with Crippen LogP contribution in [0.5, 0.6) is 11.6 Å². The fraction of sp³-hybridized carbons (Fsp3) is 0.435. The molecule has 0 bridgehead atoms. The van der Waals surface area contributed by atoms with Crippen LogP contribution in [-0.2, 0) is 9.59 Å². The predicted molar refractivity (Wildman–Crippen MR) is 113 cm³/mol. The summed E-state index contributed by atoms with van der Waals surface area (Å²) in [5, 5.41) is 3.15. The number of amides is 2. The van der Waals surface area contributed by atoms with Gasteiger partial charge < -0.3 is 19.7 Å². The SMILES string of the molecule is COc1cccc(N2CC(C(=O)NC3CCC(Oc4ccccn4)CC3)CC2=O)c1. The number of hydrogen-bond acceptors (Lipinski definition) is 5. The quantitative estimate of drug-likeness (QED) is 0.793. The Labute approximate surface area is 176 Å². The highest BCUT2D eigenvalue weighted by molar-refractivity contribution is 6.00. The van der Waals surface area contributed by atoms with Gasteiger partial charge in [-0.15, -0.1) is 0 Å². The third kappa shape index (κ3) is 4.72. The van der Waals surface area contributed by atoms with E-state index in [1.165, 1.54) is 0 Å². The molecule has 4 rings (SSSR count). The maximum absolute atomic E-state index is 12.8. The van der Waals surface area contributed by atoms with Crippen LogP contribution in [0.1, 0.15) is 32.1 Å². The van der Waals surface area contributed by atoms with Gasteiger partial charge in [-0.05, 0) is 43.9 Å². The third-order valence-corrected chi connectivity index (χ3v) is 5.81. The number of anilines is 1.